The summed E-state index contributed by atoms with van der Waals surface area (Å²) in [6.07, 6.45) is 0. The molecule has 0 fully saturated rings. The standard InChI is InChI=1S/C17H6Cl6IN/c18-10-3-1-8(14(20)16(10)22)12-5-7(24)6-13(25-12)9-2-4-11(19)17(23)15(9)21/h1-6H. The van der Waals surface area contributed by atoms with Crippen LogP contribution in [-0.4, -0.2) is 4.98 Å². The Labute approximate surface area is 188 Å². The van der Waals surface area contributed by atoms with Crippen LogP contribution in [0, 0.1) is 3.57 Å². The van der Waals surface area contributed by atoms with E-state index in [1.807, 2.05) is 12.1 Å². The molecule has 3 rings (SSSR count). The van der Waals surface area contributed by atoms with E-state index in [0.29, 0.717) is 42.6 Å². The molecular weight excluding hydrogens is 558 g/mol. The minimum Gasteiger partial charge on any atom is -0.248 e. The second-order valence-electron chi connectivity index (χ2n) is 5.00. The van der Waals surface area contributed by atoms with Gasteiger partial charge in [-0.3, -0.25) is 0 Å². The van der Waals surface area contributed by atoms with Crippen LogP contribution in [0.25, 0.3) is 22.5 Å². The summed E-state index contributed by atoms with van der Waals surface area (Å²) in [5.74, 6) is 0. The van der Waals surface area contributed by atoms with Gasteiger partial charge in [-0.05, 0) is 59.0 Å². The first-order chi connectivity index (χ1) is 11.8. The average Bonchev–Trinajstić information content (AvgIpc) is 2.57. The highest BCUT2D eigenvalue weighted by Crippen LogP contribution is 2.41. The van der Waals surface area contributed by atoms with E-state index in [2.05, 4.69) is 27.6 Å². The SMILES string of the molecule is Clc1ccc(-c2cc(I)cc(-c3ccc(Cl)c(Cl)c3Cl)n2)c(Cl)c1Cl. The van der Waals surface area contributed by atoms with Crippen molar-refractivity contribution >= 4 is 92.2 Å². The van der Waals surface area contributed by atoms with Crippen LogP contribution in [0.3, 0.4) is 0 Å². The molecule has 0 spiro atoms. The number of rotatable bonds is 2. The lowest BCUT2D eigenvalue weighted by molar-refractivity contribution is 1.31. The van der Waals surface area contributed by atoms with Gasteiger partial charge >= 0.3 is 0 Å². The first-order valence-electron chi connectivity index (χ1n) is 6.75. The van der Waals surface area contributed by atoms with E-state index in [-0.39, 0.29) is 10.0 Å². The van der Waals surface area contributed by atoms with E-state index in [0.717, 1.165) is 3.57 Å². The fraction of sp³-hybridized carbons (Fsp3) is 0. The summed E-state index contributed by atoms with van der Waals surface area (Å²) >= 11 is 39.2. The van der Waals surface area contributed by atoms with Crippen LogP contribution >= 0.6 is 92.2 Å². The summed E-state index contributed by atoms with van der Waals surface area (Å²) in [5, 5.41) is 2.03. The molecule has 1 nitrogen and oxygen atoms in total. The largest absolute Gasteiger partial charge is 0.248 e. The maximum Gasteiger partial charge on any atom is 0.0785 e. The molecule has 0 saturated heterocycles. The van der Waals surface area contributed by atoms with Gasteiger partial charge < -0.3 is 0 Å². The summed E-state index contributed by atoms with van der Waals surface area (Å²) in [4.78, 5) is 4.66. The number of benzene rings is 2. The third-order valence-electron chi connectivity index (χ3n) is 3.41. The predicted molar refractivity (Wildman–Crippen MR) is 118 cm³/mol. The Kier molecular flexibility index (Phi) is 6.32. The van der Waals surface area contributed by atoms with Gasteiger partial charge in [0.2, 0.25) is 0 Å². The second kappa shape index (κ2) is 7.97. The molecule has 1 aromatic heterocycles. The zero-order valence-corrected chi connectivity index (χ0v) is 18.8. The molecule has 0 N–H and O–H groups in total. The van der Waals surface area contributed by atoms with Gasteiger partial charge in [0, 0.05) is 14.7 Å². The lowest BCUT2D eigenvalue weighted by Crippen LogP contribution is -1.93. The van der Waals surface area contributed by atoms with Gasteiger partial charge in [-0.2, -0.15) is 0 Å². The van der Waals surface area contributed by atoms with Gasteiger partial charge in [0.15, 0.2) is 0 Å². The van der Waals surface area contributed by atoms with Crippen molar-refractivity contribution in [1.29, 1.82) is 0 Å². The number of hydrogen-bond donors (Lipinski definition) is 0. The first kappa shape index (κ1) is 19.8. The van der Waals surface area contributed by atoms with Crippen molar-refractivity contribution in [1.82, 2.24) is 4.98 Å². The highest BCUT2D eigenvalue weighted by molar-refractivity contribution is 14.1. The Morgan fingerprint density at radius 1 is 0.600 bits per heavy atom. The number of hydrogen-bond acceptors (Lipinski definition) is 1. The Hall–Kier alpha value is 0.0600. The molecule has 0 atom stereocenters. The molecule has 0 unspecified atom stereocenters. The topological polar surface area (TPSA) is 12.9 Å². The van der Waals surface area contributed by atoms with Crippen LogP contribution in [0.2, 0.25) is 30.1 Å². The van der Waals surface area contributed by atoms with Gasteiger partial charge in [0.25, 0.3) is 0 Å². The van der Waals surface area contributed by atoms with Crippen LogP contribution in [0.1, 0.15) is 0 Å². The monoisotopic (exact) mass is 561 g/mol. The van der Waals surface area contributed by atoms with Crippen LogP contribution in [0.5, 0.6) is 0 Å². The van der Waals surface area contributed by atoms with Crippen molar-refractivity contribution in [3.8, 4) is 22.5 Å². The lowest BCUT2D eigenvalue weighted by Gasteiger charge is -2.11. The zero-order valence-electron chi connectivity index (χ0n) is 12.1. The molecule has 0 amide bonds. The van der Waals surface area contributed by atoms with Gasteiger partial charge in [0.1, 0.15) is 0 Å². The summed E-state index contributed by atoms with van der Waals surface area (Å²) < 4.78 is 0.946. The van der Waals surface area contributed by atoms with Gasteiger partial charge in [-0.1, -0.05) is 69.6 Å². The maximum atomic E-state index is 6.34. The van der Waals surface area contributed by atoms with Crippen LogP contribution in [0.4, 0.5) is 0 Å². The molecular formula is C17H6Cl6IN. The zero-order chi connectivity index (χ0) is 18.3. The van der Waals surface area contributed by atoms with Crippen molar-refractivity contribution in [2.75, 3.05) is 0 Å². The molecule has 25 heavy (non-hydrogen) atoms. The first-order valence-corrected chi connectivity index (χ1v) is 10.1. The highest BCUT2D eigenvalue weighted by atomic mass is 127. The smallest absolute Gasteiger partial charge is 0.0785 e. The fourth-order valence-corrected chi connectivity index (χ4v) is 4.08. The summed E-state index contributed by atoms with van der Waals surface area (Å²) in [6, 6.07) is 10.7. The molecule has 2 aromatic carbocycles. The Bertz CT molecular complexity index is 914. The highest BCUT2D eigenvalue weighted by Gasteiger charge is 2.16. The van der Waals surface area contributed by atoms with E-state index >= 15 is 0 Å². The van der Waals surface area contributed by atoms with Crippen LogP contribution in [0.15, 0.2) is 36.4 Å². The second-order valence-corrected chi connectivity index (χ2v) is 8.57. The van der Waals surface area contributed by atoms with E-state index < -0.39 is 0 Å². The van der Waals surface area contributed by atoms with E-state index in [4.69, 9.17) is 69.6 Å². The fourth-order valence-electron chi connectivity index (χ4n) is 2.22. The van der Waals surface area contributed by atoms with Crippen molar-refractivity contribution in [2.45, 2.75) is 0 Å². The van der Waals surface area contributed by atoms with Crippen molar-refractivity contribution < 1.29 is 0 Å². The molecule has 128 valence electrons. The van der Waals surface area contributed by atoms with E-state index in [9.17, 15) is 0 Å². The normalized spacial score (nSPS) is 11.0. The molecule has 0 aliphatic carbocycles. The summed E-state index contributed by atoms with van der Waals surface area (Å²) in [7, 11) is 0. The van der Waals surface area contributed by atoms with Crippen molar-refractivity contribution in [3.63, 3.8) is 0 Å². The quantitative estimate of drug-likeness (QED) is 0.224. The Balaban J connectivity index is 2.21. The van der Waals surface area contributed by atoms with Crippen LogP contribution in [-0.2, 0) is 0 Å². The maximum absolute atomic E-state index is 6.34. The molecule has 0 radical (unpaired) electrons. The average molecular weight is 564 g/mol. The Morgan fingerprint density at radius 2 is 1.00 bits per heavy atom. The van der Waals surface area contributed by atoms with E-state index in [1.165, 1.54) is 0 Å². The van der Waals surface area contributed by atoms with Crippen LogP contribution < -0.4 is 0 Å². The minimum atomic E-state index is 0.288. The van der Waals surface area contributed by atoms with Gasteiger partial charge in [-0.25, -0.2) is 4.98 Å². The number of pyridine rings is 1. The number of nitrogens with zero attached hydrogens (tertiary/aromatic N) is 1. The molecule has 8 heteroatoms. The molecule has 0 saturated carbocycles. The third-order valence-corrected chi connectivity index (χ3v) is 6.62. The molecule has 0 bridgehead atoms. The van der Waals surface area contributed by atoms with E-state index in [1.54, 1.807) is 24.3 Å². The molecule has 3 aromatic rings. The third kappa shape index (κ3) is 4.01. The predicted octanol–water partition coefficient (Wildman–Crippen LogP) is 8.94. The molecule has 1 heterocycles. The van der Waals surface area contributed by atoms with Crippen molar-refractivity contribution in [3.05, 3.63) is 70.1 Å². The minimum absolute atomic E-state index is 0.288. The molecule has 0 aliphatic rings. The summed E-state index contributed by atoms with van der Waals surface area (Å²) in [6.45, 7) is 0. The van der Waals surface area contributed by atoms with Gasteiger partial charge in [-0.15, -0.1) is 0 Å². The van der Waals surface area contributed by atoms with Gasteiger partial charge in [0.05, 0.1) is 41.5 Å². The van der Waals surface area contributed by atoms with Crippen molar-refractivity contribution in [2.24, 2.45) is 0 Å². The summed E-state index contributed by atoms with van der Waals surface area (Å²) in [5.41, 5.74) is 2.64. The number of aromatic nitrogens is 1. The number of halogens is 7. The molecule has 0 aliphatic heterocycles. The lowest BCUT2D eigenvalue weighted by atomic mass is 10.1. The Morgan fingerprint density at radius 3 is 1.40 bits per heavy atom.